The highest BCUT2D eigenvalue weighted by molar-refractivity contribution is 7.89. The van der Waals surface area contributed by atoms with E-state index in [2.05, 4.69) is 0 Å². The highest BCUT2D eigenvalue weighted by atomic mass is 32.2. The number of hydrogen-bond donors (Lipinski definition) is 1. The van der Waals surface area contributed by atoms with Crippen LogP contribution < -0.4 is 5.14 Å². The van der Waals surface area contributed by atoms with Crippen molar-refractivity contribution >= 4 is 16.1 Å². The van der Waals surface area contributed by atoms with E-state index in [0.717, 1.165) is 12.1 Å². The Balaban J connectivity index is 0. The Labute approximate surface area is 163 Å². The van der Waals surface area contributed by atoms with Gasteiger partial charge in [-0.1, -0.05) is 33.8 Å². The molecule has 0 bridgehead atoms. The van der Waals surface area contributed by atoms with Crippen LogP contribution in [0.3, 0.4) is 0 Å². The summed E-state index contributed by atoms with van der Waals surface area (Å²) >= 11 is 0. The summed E-state index contributed by atoms with van der Waals surface area (Å²) in [6, 6.07) is 3.56. The molecule has 0 unspecified atom stereocenters. The first-order valence-electron chi connectivity index (χ1n) is 8.96. The van der Waals surface area contributed by atoms with Gasteiger partial charge in [-0.05, 0) is 52.3 Å². The molecule has 8 heteroatoms. The Morgan fingerprint density at radius 2 is 1.52 bits per heavy atom. The van der Waals surface area contributed by atoms with E-state index in [1.807, 2.05) is 27.7 Å². The molecule has 1 aromatic carbocycles. The summed E-state index contributed by atoms with van der Waals surface area (Å²) < 4.78 is 41.8. The van der Waals surface area contributed by atoms with Crippen LogP contribution in [0.1, 0.15) is 67.9 Å². The maximum atomic E-state index is 14.0. The van der Waals surface area contributed by atoms with Crippen molar-refractivity contribution in [1.82, 2.24) is 4.90 Å². The average molecular weight is 407 g/mol. The molecule has 6 nitrogen and oxygen atoms in total. The highest BCUT2D eigenvalue weighted by Gasteiger charge is 2.33. The average Bonchev–Trinajstić information content (AvgIpc) is 2.55. The summed E-state index contributed by atoms with van der Waals surface area (Å²) in [6.07, 6.45) is -0.571. The van der Waals surface area contributed by atoms with Gasteiger partial charge in [-0.25, -0.2) is 22.7 Å². The van der Waals surface area contributed by atoms with E-state index in [1.165, 1.54) is 18.0 Å². The van der Waals surface area contributed by atoms with Crippen molar-refractivity contribution < 1.29 is 22.3 Å². The van der Waals surface area contributed by atoms with Gasteiger partial charge >= 0.3 is 6.09 Å². The number of ether oxygens (including phenoxy) is 1. The molecule has 1 aromatic rings. The van der Waals surface area contributed by atoms with Gasteiger partial charge in [0.25, 0.3) is 0 Å². The molecule has 0 heterocycles. The summed E-state index contributed by atoms with van der Waals surface area (Å²) in [5.74, 6) is -0.962. The fourth-order valence-electron chi connectivity index (χ4n) is 1.86. The number of carbonyl (C=O) groups is 1. The number of hydrogen-bond acceptors (Lipinski definition) is 4. The summed E-state index contributed by atoms with van der Waals surface area (Å²) in [6.45, 7) is 16.6. The Morgan fingerprint density at radius 1 is 1.07 bits per heavy atom. The Bertz CT molecular complexity index is 711. The minimum atomic E-state index is -4.14. The Morgan fingerprint density at radius 3 is 1.85 bits per heavy atom. The number of carbonyl (C=O) groups excluding carboxylic acids is 1. The van der Waals surface area contributed by atoms with Gasteiger partial charge in [0.15, 0.2) is 0 Å². The fraction of sp³-hybridized carbons (Fsp3) is 0.632. The maximum Gasteiger partial charge on any atom is 0.410 e. The van der Waals surface area contributed by atoms with Crippen LogP contribution in [0.2, 0.25) is 0 Å². The van der Waals surface area contributed by atoms with Gasteiger partial charge in [0.1, 0.15) is 16.3 Å². The van der Waals surface area contributed by atoms with Crippen molar-refractivity contribution in [3.05, 3.63) is 29.6 Å². The highest BCUT2D eigenvalue weighted by Crippen LogP contribution is 2.30. The first-order chi connectivity index (χ1) is 12.2. The molecule has 0 saturated heterocycles. The molecule has 0 aliphatic rings. The zero-order valence-corrected chi connectivity index (χ0v) is 19.0. The second-order valence-corrected chi connectivity index (χ2v) is 8.32. The number of rotatable bonds is 3. The molecule has 0 spiro atoms. The summed E-state index contributed by atoms with van der Waals surface area (Å²) in [5, 5.41) is 4.94. The lowest BCUT2D eigenvalue weighted by atomic mass is 9.93. The standard InChI is InChI=1S/C15H23FN2O4S.2C2H6/c1-14(2,3)22-13(19)18(6)15(4,5)10-7-8-12(11(16)9-10)23(17,20)21;2*1-2/h7-9H,1-6H3,(H2,17,20,21);2*1-2H3. The van der Waals surface area contributed by atoms with E-state index in [9.17, 15) is 17.6 Å². The van der Waals surface area contributed by atoms with Gasteiger partial charge in [0.2, 0.25) is 10.0 Å². The summed E-state index contributed by atoms with van der Waals surface area (Å²) in [5.41, 5.74) is -1.17. The number of nitrogens with two attached hydrogens (primary N) is 1. The monoisotopic (exact) mass is 406 g/mol. The molecule has 2 N–H and O–H groups in total. The number of primary sulfonamides is 1. The zero-order chi connectivity index (χ0) is 22.2. The number of benzene rings is 1. The topological polar surface area (TPSA) is 89.7 Å². The molecule has 1 amide bonds. The van der Waals surface area contributed by atoms with E-state index in [0.29, 0.717) is 5.56 Å². The predicted molar refractivity (Wildman–Crippen MR) is 107 cm³/mol. The van der Waals surface area contributed by atoms with Crippen molar-refractivity contribution in [3.63, 3.8) is 0 Å². The first kappa shape index (κ1) is 27.5. The summed E-state index contributed by atoms with van der Waals surface area (Å²) in [7, 11) is -2.61. The van der Waals surface area contributed by atoms with Crippen LogP contribution in [0.4, 0.5) is 9.18 Å². The van der Waals surface area contributed by atoms with Crippen LogP contribution in [0.25, 0.3) is 0 Å². The fourth-order valence-corrected chi connectivity index (χ4v) is 2.45. The zero-order valence-electron chi connectivity index (χ0n) is 18.2. The maximum absolute atomic E-state index is 14.0. The van der Waals surface area contributed by atoms with Crippen LogP contribution in [-0.4, -0.2) is 32.1 Å². The molecule has 0 atom stereocenters. The van der Waals surface area contributed by atoms with Gasteiger partial charge in [0, 0.05) is 7.05 Å². The van der Waals surface area contributed by atoms with Crippen molar-refractivity contribution in [2.45, 2.75) is 78.3 Å². The SMILES string of the molecule is CC.CC.CN(C(=O)OC(C)(C)C)C(C)(C)c1ccc(S(N)(=O)=O)c(F)c1. The third-order valence-corrected chi connectivity index (χ3v) is 4.39. The predicted octanol–water partition coefficient (Wildman–Crippen LogP) is 4.63. The number of amides is 1. The van der Waals surface area contributed by atoms with Crippen LogP contribution in [-0.2, 0) is 20.3 Å². The van der Waals surface area contributed by atoms with E-state index >= 15 is 0 Å². The third kappa shape index (κ3) is 8.26. The van der Waals surface area contributed by atoms with Crippen LogP contribution in [0, 0.1) is 5.82 Å². The molecular formula is C19H35FN2O4S. The minimum absolute atomic E-state index is 0.413. The number of sulfonamides is 1. The van der Waals surface area contributed by atoms with E-state index in [4.69, 9.17) is 9.88 Å². The second-order valence-electron chi connectivity index (χ2n) is 6.79. The van der Waals surface area contributed by atoms with Crippen LogP contribution >= 0.6 is 0 Å². The second kappa shape index (κ2) is 10.6. The van der Waals surface area contributed by atoms with E-state index < -0.39 is 38.0 Å². The van der Waals surface area contributed by atoms with Crippen molar-refractivity contribution in [3.8, 4) is 0 Å². The molecule has 0 saturated carbocycles. The van der Waals surface area contributed by atoms with Gasteiger partial charge in [-0.15, -0.1) is 0 Å². The molecule has 0 radical (unpaired) electrons. The van der Waals surface area contributed by atoms with Gasteiger partial charge in [-0.2, -0.15) is 0 Å². The molecule has 158 valence electrons. The molecule has 27 heavy (non-hydrogen) atoms. The van der Waals surface area contributed by atoms with Crippen molar-refractivity contribution in [2.75, 3.05) is 7.05 Å². The molecule has 0 aliphatic carbocycles. The first-order valence-corrected chi connectivity index (χ1v) is 10.5. The molecule has 0 aliphatic heterocycles. The van der Waals surface area contributed by atoms with E-state index in [1.54, 1.807) is 34.6 Å². The molecular weight excluding hydrogens is 371 g/mol. The number of nitrogens with zero attached hydrogens (tertiary/aromatic N) is 1. The molecule has 0 aromatic heterocycles. The van der Waals surface area contributed by atoms with Crippen LogP contribution in [0.15, 0.2) is 23.1 Å². The Hall–Kier alpha value is -1.67. The molecule has 0 fully saturated rings. The van der Waals surface area contributed by atoms with Crippen molar-refractivity contribution in [2.24, 2.45) is 5.14 Å². The quantitative estimate of drug-likeness (QED) is 0.792. The minimum Gasteiger partial charge on any atom is -0.444 e. The number of halogens is 1. The van der Waals surface area contributed by atoms with Crippen LogP contribution in [0.5, 0.6) is 0 Å². The smallest absolute Gasteiger partial charge is 0.410 e. The summed E-state index contributed by atoms with van der Waals surface area (Å²) in [4.78, 5) is 12.9. The Kier molecular flexibility index (Phi) is 10.8. The lowest BCUT2D eigenvalue weighted by molar-refractivity contribution is 0.0103. The van der Waals surface area contributed by atoms with Gasteiger partial charge < -0.3 is 9.64 Å². The molecule has 1 rings (SSSR count). The van der Waals surface area contributed by atoms with Gasteiger partial charge in [0.05, 0.1) is 5.54 Å². The lowest BCUT2D eigenvalue weighted by Gasteiger charge is -2.37. The largest absolute Gasteiger partial charge is 0.444 e. The normalized spacial score (nSPS) is 11.4. The third-order valence-electron chi connectivity index (χ3n) is 3.45. The lowest BCUT2D eigenvalue weighted by Crippen LogP contribution is -2.45. The van der Waals surface area contributed by atoms with E-state index in [-0.39, 0.29) is 0 Å². The van der Waals surface area contributed by atoms with Crippen molar-refractivity contribution in [1.29, 1.82) is 0 Å². The van der Waals surface area contributed by atoms with Gasteiger partial charge in [-0.3, -0.25) is 0 Å².